The van der Waals surface area contributed by atoms with E-state index >= 15 is 0 Å². The van der Waals surface area contributed by atoms with Crippen molar-refractivity contribution in [3.8, 4) is 5.75 Å². The normalized spacial score (nSPS) is 11.2. The number of methoxy groups -OCH3 is 1. The van der Waals surface area contributed by atoms with E-state index in [1.165, 1.54) is 43.5 Å². The molecule has 2 aromatic carbocycles. The van der Waals surface area contributed by atoms with E-state index in [0.29, 0.717) is 5.69 Å². The summed E-state index contributed by atoms with van der Waals surface area (Å²) < 4.78 is 55.3. The summed E-state index contributed by atoms with van der Waals surface area (Å²) in [6.07, 6.45) is -0.252. The van der Waals surface area contributed by atoms with Crippen LogP contribution in [-0.4, -0.2) is 27.2 Å². The van der Waals surface area contributed by atoms with Crippen LogP contribution in [0.1, 0.15) is 12.0 Å². The van der Waals surface area contributed by atoms with Gasteiger partial charge >= 0.3 is 0 Å². The Morgan fingerprint density at radius 2 is 1.80 bits per heavy atom. The standard InChI is InChI=1S/C17H17F2NO4S/c1-24-16-7-2-12(10-15(16)19)11-25(22,23)9-8-17(21)20-14-5-3-13(18)4-6-14/h2-7,10H,8-9,11H2,1H3,(H,20,21). The maximum atomic E-state index is 13.6. The van der Waals surface area contributed by atoms with Crippen molar-refractivity contribution in [1.29, 1.82) is 0 Å². The maximum absolute atomic E-state index is 13.6. The Balaban J connectivity index is 1.91. The number of carbonyl (C=O) groups excluding carboxylic acids is 1. The minimum absolute atomic E-state index is 0.0276. The third-order valence-corrected chi connectivity index (χ3v) is 4.97. The summed E-state index contributed by atoms with van der Waals surface area (Å²) in [6.45, 7) is 0. The molecule has 1 amide bonds. The second kappa shape index (κ2) is 8.06. The molecule has 134 valence electrons. The Hall–Kier alpha value is -2.48. The molecule has 0 spiro atoms. The first-order valence-electron chi connectivity index (χ1n) is 7.37. The van der Waals surface area contributed by atoms with Gasteiger partial charge in [0.25, 0.3) is 0 Å². The number of hydrogen-bond acceptors (Lipinski definition) is 4. The van der Waals surface area contributed by atoms with Gasteiger partial charge in [0.1, 0.15) is 5.82 Å². The number of ether oxygens (including phenoxy) is 1. The van der Waals surface area contributed by atoms with E-state index in [4.69, 9.17) is 4.74 Å². The van der Waals surface area contributed by atoms with Gasteiger partial charge in [0, 0.05) is 12.1 Å². The Morgan fingerprint density at radius 3 is 2.40 bits per heavy atom. The molecule has 0 saturated carbocycles. The van der Waals surface area contributed by atoms with Crippen LogP contribution in [0.25, 0.3) is 0 Å². The number of halogens is 2. The number of carbonyl (C=O) groups is 1. The smallest absolute Gasteiger partial charge is 0.225 e. The minimum Gasteiger partial charge on any atom is -0.494 e. The second-order valence-corrected chi connectivity index (χ2v) is 7.55. The lowest BCUT2D eigenvalue weighted by molar-refractivity contribution is -0.115. The van der Waals surface area contributed by atoms with Crippen LogP contribution < -0.4 is 10.1 Å². The van der Waals surface area contributed by atoms with Crippen molar-refractivity contribution in [2.45, 2.75) is 12.2 Å². The van der Waals surface area contributed by atoms with Gasteiger partial charge in [-0.2, -0.15) is 0 Å². The highest BCUT2D eigenvalue weighted by Crippen LogP contribution is 2.19. The molecule has 2 aromatic rings. The summed E-state index contributed by atoms with van der Waals surface area (Å²) >= 11 is 0. The molecule has 0 radical (unpaired) electrons. The second-order valence-electron chi connectivity index (χ2n) is 5.37. The highest BCUT2D eigenvalue weighted by atomic mass is 32.2. The summed E-state index contributed by atoms with van der Waals surface area (Å²) in [4.78, 5) is 11.8. The van der Waals surface area contributed by atoms with Crippen LogP contribution in [-0.2, 0) is 20.4 Å². The van der Waals surface area contributed by atoms with Crippen molar-refractivity contribution in [2.24, 2.45) is 0 Å². The maximum Gasteiger partial charge on any atom is 0.225 e. The van der Waals surface area contributed by atoms with Crippen molar-refractivity contribution in [1.82, 2.24) is 0 Å². The Bertz CT molecular complexity index is 851. The number of rotatable bonds is 7. The number of nitrogens with one attached hydrogen (secondary N) is 1. The number of sulfone groups is 1. The van der Waals surface area contributed by atoms with Crippen LogP contribution in [0.4, 0.5) is 14.5 Å². The van der Waals surface area contributed by atoms with Crippen LogP contribution in [0.3, 0.4) is 0 Å². The van der Waals surface area contributed by atoms with Gasteiger partial charge in [-0.15, -0.1) is 0 Å². The molecule has 0 unspecified atom stereocenters. The Morgan fingerprint density at radius 1 is 1.12 bits per heavy atom. The Kier molecular flexibility index (Phi) is 6.08. The average molecular weight is 369 g/mol. The lowest BCUT2D eigenvalue weighted by Crippen LogP contribution is -2.18. The first-order valence-corrected chi connectivity index (χ1v) is 9.19. The SMILES string of the molecule is COc1ccc(CS(=O)(=O)CCC(=O)Nc2ccc(F)cc2)cc1F. The molecule has 0 atom stereocenters. The summed E-state index contributed by atoms with van der Waals surface area (Å²) in [6, 6.07) is 9.02. The van der Waals surface area contributed by atoms with E-state index in [-0.39, 0.29) is 29.2 Å². The van der Waals surface area contributed by atoms with Gasteiger partial charge < -0.3 is 10.1 Å². The number of anilines is 1. The Labute approximate surface area is 144 Å². The van der Waals surface area contributed by atoms with E-state index in [1.807, 2.05) is 0 Å². The molecule has 1 N–H and O–H groups in total. The van der Waals surface area contributed by atoms with Gasteiger partial charge in [-0.3, -0.25) is 4.79 Å². The van der Waals surface area contributed by atoms with Gasteiger partial charge in [-0.1, -0.05) is 6.07 Å². The van der Waals surface area contributed by atoms with Crippen molar-refractivity contribution >= 4 is 21.4 Å². The van der Waals surface area contributed by atoms with Crippen LogP contribution >= 0.6 is 0 Å². The van der Waals surface area contributed by atoms with Crippen molar-refractivity contribution < 1.29 is 26.7 Å². The summed E-state index contributed by atoms with van der Waals surface area (Å²) in [7, 11) is -2.28. The molecular formula is C17H17F2NO4S. The van der Waals surface area contributed by atoms with Gasteiger partial charge in [0.15, 0.2) is 21.4 Å². The average Bonchev–Trinajstić information content (AvgIpc) is 2.55. The van der Waals surface area contributed by atoms with Gasteiger partial charge in [-0.25, -0.2) is 17.2 Å². The third kappa shape index (κ3) is 5.82. The van der Waals surface area contributed by atoms with E-state index in [1.54, 1.807) is 0 Å². The summed E-state index contributed by atoms with van der Waals surface area (Å²) in [5.74, 6) is -2.32. The topological polar surface area (TPSA) is 72.5 Å². The highest BCUT2D eigenvalue weighted by molar-refractivity contribution is 7.90. The fourth-order valence-electron chi connectivity index (χ4n) is 2.13. The quantitative estimate of drug-likeness (QED) is 0.815. The molecule has 0 aromatic heterocycles. The summed E-state index contributed by atoms with van der Waals surface area (Å²) in [5, 5.41) is 2.48. The molecule has 5 nitrogen and oxygen atoms in total. The van der Waals surface area contributed by atoms with E-state index in [0.717, 1.165) is 6.07 Å². The molecular weight excluding hydrogens is 352 g/mol. The van der Waals surface area contributed by atoms with E-state index in [2.05, 4.69) is 5.32 Å². The number of amides is 1. The monoisotopic (exact) mass is 369 g/mol. The van der Waals surface area contributed by atoms with Gasteiger partial charge in [0.2, 0.25) is 5.91 Å². The molecule has 0 bridgehead atoms. The molecule has 0 aliphatic heterocycles. The lowest BCUT2D eigenvalue weighted by Gasteiger charge is -2.08. The zero-order valence-corrected chi connectivity index (χ0v) is 14.3. The fraction of sp³-hybridized carbons (Fsp3) is 0.235. The number of benzene rings is 2. The van der Waals surface area contributed by atoms with Gasteiger partial charge in [0.05, 0.1) is 18.6 Å². The highest BCUT2D eigenvalue weighted by Gasteiger charge is 2.16. The molecule has 0 heterocycles. The number of hydrogen-bond donors (Lipinski definition) is 1. The van der Waals surface area contributed by atoms with Crippen LogP contribution in [0, 0.1) is 11.6 Å². The molecule has 8 heteroatoms. The van der Waals surface area contributed by atoms with E-state index in [9.17, 15) is 22.0 Å². The van der Waals surface area contributed by atoms with Crippen LogP contribution in [0.2, 0.25) is 0 Å². The van der Waals surface area contributed by atoms with Crippen LogP contribution in [0.15, 0.2) is 42.5 Å². The zero-order valence-electron chi connectivity index (χ0n) is 13.5. The molecule has 0 saturated heterocycles. The van der Waals surface area contributed by atoms with Crippen LogP contribution in [0.5, 0.6) is 5.75 Å². The first-order chi connectivity index (χ1) is 11.8. The fourth-order valence-corrected chi connectivity index (χ4v) is 3.46. The zero-order chi connectivity index (χ0) is 18.4. The van der Waals surface area contributed by atoms with Crippen molar-refractivity contribution in [3.63, 3.8) is 0 Å². The molecule has 25 heavy (non-hydrogen) atoms. The molecule has 2 rings (SSSR count). The van der Waals surface area contributed by atoms with Crippen molar-refractivity contribution in [3.05, 3.63) is 59.7 Å². The lowest BCUT2D eigenvalue weighted by atomic mass is 10.2. The third-order valence-electron chi connectivity index (χ3n) is 3.37. The molecule has 0 aliphatic carbocycles. The van der Waals surface area contributed by atoms with E-state index < -0.39 is 27.4 Å². The largest absolute Gasteiger partial charge is 0.494 e. The van der Waals surface area contributed by atoms with Crippen molar-refractivity contribution in [2.75, 3.05) is 18.2 Å². The van der Waals surface area contributed by atoms with Gasteiger partial charge in [-0.05, 0) is 42.0 Å². The molecule has 0 fully saturated rings. The minimum atomic E-state index is -3.59. The first kappa shape index (κ1) is 18.9. The predicted molar refractivity (Wildman–Crippen MR) is 90.1 cm³/mol. The molecule has 0 aliphatic rings. The summed E-state index contributed by atoms with van der Waals surface area (Å²) in [5.41, 5.74) is 0.651. The predicted octanol–water partition coefficient (Wildman–Crippen LogP) is 2.92.